The van der Waals surface area contributed by atoms with Crippen LogP contribution < -0.4 is 5.32 Å². The Hall–Kier alpha value is -0.280. The van der Waals surface area contributed by atoms with Gasteiger partial charge in [-0.3, -0.25) is 4.90 Å². The lowest BCUT2D eigenvalue weighted by Gasteiger charge is -2.33. The molecule has 1 heterocycles. The van der Waals surface area contributed by atoms with Crippen LogP contribution in [-0.2, 0) is 0 Å². The van der Waals surface area contributed by atoms with E-state index in [1.807, 2.05) is 0 Å². The van der Waals surface area contributed by atoms with Gasteiger partial charge in [-0.1, -0.05) is 18.2 Å². The zero-order chi connectivity index (χ0) is 11.5. The fraction of sp³-hybridized carbons (Fsp3) is 0.571. The highest BCUT2D eigenvalue weighted by Crippen LogP contribution is 2.22. The molecule has 104 valence electrons. The number of halogens is 2. The first-order valence-corrected chi connectivity index (χ1v) is 6.20. The van der Waals surface area contributed by atoms with Crippen LogP contribution >= 0.6 is 24.8 Å². The molecule has 1 aliphatic heterocycles. The van der Waals surface area contributed by atoms with Crippen LogP contribution in [0.25, 0.3) is 0 Å². The van der Waals surface area contributed by atoms with Crippen molar-refractivity contribution in [3.63, 3.8) is 0 Å². The second-order valence-corrected chi connectivity index (χ2v) is 4.81. The van der Waals surface area contributed by atoms with Crippen molar-refractivity contribution < 1.29 is 0 Å². The van der Waals surface area contributed by atoms with E-state index in [0.29, 0.717) is 6.04 Å². The molecule has 1 fully saturated rings. The van der Waals surface area contributed by atoms with Gasteiger partial charge >= 0.3 is 0 Å². The molecule has 1 saturated heterocycles. The first-order valence-electron chi connectivity index (χ1n) is 6.20. The maximum Gasteiger partial charge on any atom is 0.0321 e. The van der Waals surface area contributed by atoms with E-state index in [2.05, 4.69) is 49.2 Å². The molecule has 0 aromatic heterocycles. The van der Waals surface area contributed by atoms with Gasteiger partial charge in [-0.2, -0.15) is 0 Å². The molecular formula is C14H24Cl2N2. The fourth-order valence-corrected chi connectivity index (χ4v) is 2.30. The third kappa shape index (κ3) is 4.13. The van der Waals surface area contributed by atoms with Crippen molar-refractivity contribution in [3.8, 4) is 0 Å². The van der Waals surface area contributed by atoms with Crippen molar-refractivity contribution in [3.05, 3.63) is 34.9 Å². The summed E-state index contributed by atoms with van der Waals surface area (Å²) in [6.45, 7) is 11.2. The highest BCUT2D eigenvalue weighted by Gasteiger charge is 2.17. The van der Waals surface area contributed by atoms with E-state index in [1.165, 1.54) is 16.7 Å². The molecule has 1 N–H and O–H groups in total. The van der Waals surface area contributed by atoms with Gasteiger partial charge in [0.25, 0.3) is 0 Å². The molecule has 1 aromatic carbocycles. The molecule has 0 aliphatic carbocycles. The largest absolute Gasteiger partial charge is 0.314 e. The Kier molecular flexibility index (Phi) is 7.88. The average Bonchev–Trinajstić information content (AvgIpc) is 2.33. The molecule has 0 spiro atoms. The van der Waals surface area contributed by atoms with Gasteiger partial charge in [0, 0.05) is 32.2 Å². The van der Waals surface area contributed by atoms with Crippen LogP contribution in [-0.4, -0.2) is 31.1 Å². The standard InChI is InChI=1S/C14H22N2.2ClH/c1-11-4-5-14(10-12(11)2)13(3)16-8-6-15-7-9-16;;/h4-5,10,13,15H,6-9H2,1-3H3;2*1H/t13-;;/m0../s1. The topological polar surface area (TPSA) is 15.3 Å². The summed E-state index contributed by atoms with van der Waals surface area (Å²) >= 11 is 0. The summed E-state index contributed by atoms with van der Waals surface area (Å²) in [6, 6.07) is 7.39. The lowest BCUT2D eigenvalue weighted by molar-refractivity contribution is 0.185. The molecule has 0 unspecified atom stereocenters. The number of nitrogens with one attached hydrogen (secondary N) is 1. The predicted molar refractivity (Wildman–Crippen MR) is 83.3 cm³/mol. The highest BCUT2D eigenvalue weighted by atomic mass is 35.5. The minimum Gasteiger partial charge on any atom is -0.314 e. The van der Waals surface area contributed by atoms with Crippen molar-refractivity contribution in [2.45, 2.75) is 26.8 Å². The number of hydrogen-bond acceptors (Lipinski definition) is 2. The van der Waals surface area contributed by atoms with Crippen molar-refractivity contribution >= 4 is 24.8 Å². The Bertz CT molecular complexity index is 363. The van der Waals surface area contributed by atoms with Crippen LogP contribution in [0.5, 0.6) is 0 Å². The van der Waals surface area contributed by atoms with E-state index in [-0.39, 0.29) is 24.8 Å². The van der Waals surface area contributed by atoms with Crippen molar-refractivity contribution in [1.82, 2.24) is 10.2 Å². The highest BCUT2D eigenvalue weighted by molar-refractivity contribution is 5.85. The Morgan fingerprint density at radius 2 is 1.67 bits per heavy atom. The molecule has 1 aliphatic rings. The lowest BCUT2D eigenvalue weighted by atomic mass is 10.0. The minimum atomic E-state index is 0. The third-order valence-electron chi connectivity index (χ3n) is 3.71. The number of rotatable bonds is 2. The first kappa shape index (κ1) is 17.7. The van der Waals surface area contributed by atoms with Crippen LogP contribution in [0, 0.1) is 13.8 Å². The number of piperazine rings is 1. The summed E-state index contributed by atoms with van der Waals surface area (Å²) in [5, 5.41) is 3.40. The van der Waals surface area contributed by atoms with Gasteiger partial charge in [-0.15, -0.1) is 24.8 Å². The molecule has 2 nitrogen and oxygen atoms in total. The van der Waals surface area contributed by atoms with E-state index in [4.69, 9.17) is 0 Å². The predicted octanol–water partition coefficient (Wildman–Crippen LogP) is 3.11. The van der Waals surface area contributed by atoms with E-state index < -0.39 is 0 Å². The maximum absolute atomic E-state index is 3.40. The normalized spacial score (nSPS) is 17.5. The quantitative estimate of drug-likeness (QED) is 0.900. The summed E-state index contributed by atoms with van der Waals surface area (Å²) in [7, 11) is 0. The van der Waals surface area contributed by atoms with Crippen molar-refractivity contribution in [1.29, 1.82) is 0 Å². The number of benzene rings is 1. The van der Waals surface area contributed by atoms with Gasteiger partial charge in [0.15, 0.2) is 0 Å². The smallest absolute Gasteiger partial charge is 0.0321 e. The second kappa shape index (κ2) is 8.00. The summed E-state index contributed by atoms with van der Waals surface area (Å²) < 4.78 is 0. The number of nitrogens with zero attached hydrogens (tertiary/aromatic N) is 1. The molecule has 4 heteroatoms. The molecule has 2 rings (SSSR count). The van der Waals surface area contributed by atoms with Crippen LogP contribution in [0.2, 0.25) is 0 Å². The van der Waals surface area contributed by atoms with Gasteiger partial charge in [0.1, 0.15) is 0 Å². The van der Waals surface area contributed by atoms with Crippen molar-refractivity contribution in [2.75, 3.05) is 26.2 Å². The third-order valence-corrected chi connectivity index (χ3v) is 3.71. The molecule has 18 heavy (non-hydrogen) atoms. The fourth-order valence-electron chi connectivity index (χ4n) is 2.30. The molecular weight excluding hydrogens is 267 g/mol. The zero-order valence-electron chi connectivity index (χ0n) is 11.4. The van der Waals surface area contributed by atoms with Crippen LogP contribution in [0.4, 0.5) is 0 Å². The number of hydrogen-bond donors (Lipinski definition) is 1. The average molecular weight is 291 g/mol. The molecule has 0 amide bonds. The molecule has 0 saturated carbocycles. The van der Waals surface area contributed by atoms with Crippen LogP contribution in [0.15, 0.2) is 18.2 Å². The molecule has 0 bridgehead atoms. The van der Waals surface area contributed by atoms with Crippen LogP contribution in [0.3, 0.4) is 0 Å². The Labute approximate surface area is 123 Å². The first-order chi connectivity index (χ1) is 7.68. The second-order valence-electron chi connectivity index (χ2n) is 4.81. The monoisotopic (exact) mass is 290 g/mol. The SMILES string of the molecule is Cc1ccc([C@H](C)N2CCNCC2)cc1C.Cl.Cl. The maximum atomic E-state index is 3.40. The Morgan fingerprint density at radius 1 is 1.06 bits per heavy atom. The van der Waals surface area contributed by atoms with E-state index in [0.717, 1.165) is 26.2 Å². The van der Waals surface area contributed by atoms with Gasteiger partial charge in [0.2, 0.25) is 0 Å². The Morgan fingerprint density at radius 3 is 2.22 bits per heavy atom. The van der Waals surface area contributed by atoms with Gasteiger partial charge in [-0.25, -0.2) is 0 Å². The van der Waals surface area contributed by atoms with Gasteiger partial charge < -0.3 is 5.32 Å². The summed E-state index contributed by atoms with van der Waals surface area (Å²) in [5.41, 5.74) is 4.24. The Balaban J connectivity index is 0.00000144. The molecule has 0 radical (unpaired) electrons. The van der Waals surface area contributed by atoms with Crippen LogP contribution in [0.1, 0.15) is 29.7 Å². The number of aryl methyl sites for hydroxylation is 2. The van der Waals surface area contributed by atoms with E-state index in [1.54, 1.807) is 0 Å². The summed E-state index contributed by atoms with van der Waals surface area (Å²) in [4.78, 5) is 2.56. The lowest BCUT2D eigenvalue weighted by Crippen LogP contribution is -2.44. The van der Waals surface area contributed by atoms with E-state index >= 15 is 0 Å². The summed E-state index contributed by atoms with van der Waals surface area (Å²) in [6.07, 6.45) is 0. The minimum absolute atomic E-state index is 0. The summed E-state index contributed by atoms with van der Waals surface area (Å²) in [5.74, 6) is 0. The molecule has 1 aromatic rings. The van der Waals surface area contributed by atoms with Gasteiger partial charge in [0.05, 0.1) is 0 Å². The van der Waals surface area contributed by atoms with Crippen molar-refractivity contribution in [2.24, 2.45) is 0 Å². The molecule has 1 atom stereocenters. The van der Waals surface area contributed by atoms with E-state index in [9.17, 15) is 0 Å². The zero-order valence-corrected chi connectivity index (χ0v) is 13.0. The van der Waals surface area contributed by atoms with Gasteiger partial charge in [-0.05, 0) is 37.5 Å².